The molecule has 162 valence electrons. The number of hydrogen-bond donors (Lipinski definition) is 1. The van der Waals surface area contributed by atoms with Crippen LogP contribution in [-0.4, -0.2) is 25.7 Å². The van der Waals surface area contributed by atoms with Gasteiger partial charge in [0.1, 0.15) is 12.4 Å². The van der Waals surface area contributed by atoms with E-state index in [1.54, 1.807) is 16.8 Å². The van der Waals surface area contributed by atoms with Crippen LogP contribution in [0.5, 0.6) is 0 Å². The molecule has 0 spiro atoms. The summed E-state index contributed by atoms with van der Waals surface area (Å²) in [7, 11) is 0. The summed E-state index contributed by atoms with van der Waals surface area (Å²) in [5.74, 6) is 2.39. The molecular formula is C24H28LiN6O-. The van der Waals surface area contributed by atoms with Gasteiger partial charge in [0.15, 0.2) is 11.6 Å². The van der Waals surface area contributed by atoms with E-state index in [0.29, 0.717) is 28.7 Å². The average molecular weight is 423 g/mol. The number of carbonyl (C=O) groups is 1. The number of nitriles is 1. The van der Waals surface area contributed by atoms with Crippen LogP contribution in [-0.2, 0) is 0 Å². The van der Waals surface area contributed by atoms with Gasteiger partial charge in [0, 0.05) is 6.20 Å². The van der Waals surface area contributed by atoms with Crippen molar-refractivity contribution in [3.05, 3.63) is 84.3 Å². The Bertz CT molecular complexity index is 1060. The second-order valence-electron chi connectivity index (χ2n) is 7.74. The third kappa shape index (κ3) is 6.00. The zero-order valence-electron chi connectivity index (χ0n) is 19.8. The summed E-state index contributed by atoms with van der Waals surface area (Å²) in [6.07, 6.45) is 2.90. The molecule has 1 aromatic carbocycles. The van der Waals surface area contributed by atoms with Gasteiger partial charge in [-0.1, -0.05) is 33.8 Å². The standard InChI is InChI=1S/C23H25N6O.CH3.Li/c1-14(2)18-8-19(15(3)4)10-20(9-18)23(30)28-16(5)22-26-13-27-29(22)21-7-6-17(11-24)12-25-21;;/h6-10,12-14,16H,1-5H3,(H,28,30);1H3;/q2*-1;+1/t16-;;/m0../s1. The molecule has 0 saturated carbocycles. The molecule has 0 aliphatic carbocycles. The van der Waals surface area contributed by atoms with Gasteiger partial charge in [-0.25, -0.2) is 9.97 Å². The van der Waals surface area contributed by atoms with Crippen LogP contribution in [0.15, 0.2) is 42.9 Å². The van der Waals surface area contributed by atoms with Crippen molar-refractivity contribution < 1.29 is 23.7 Å². The summed E-state index contributed by atoms with van der Waals surface area (Å²) in [5.41, 5.74) is 3.26. The summed E-state index contributed by atoms with van der Waals surface area (Å²) in [6.45, 7) is 10.2. The average Bonchev–Trinajstić information content (AvgIpc) is 3.23. The molecule has 0 unspecified atom stereocenters. The number of nitrogens with one attached hydrogen (secondary N) is 1. The molecule has 3 aromatic rings. The molecule has 2 aromatic heterocycles. The number of amides is 1. The minimum absolute atomic E-state index is 0. The van der Waals surface area contributed by atoms with Crippen LogP contribution in [0, 0.1) is 24.7 Å². The Morgan fingerprint density at radius 2 is 1.88 bits per heavy atom. The minimum atomic E-state index is -0.393. The molecule has 1 atom stereocenters. The van der Waals surface area contributed by atoms with E-state index in [-0.39, 0.29) is 32.2 Å². The molecule has 1 amide bonds. The van der Waals surface area contributed by atoms with E-state index in [1.165, 1.54) is 12.5 Å². The first kappa shape index (κ1) is 27.0. The van der Waals surface area contributed by atoms with Gasteiger partial charge < -0.3 is 12.7 Å². The maximum Gasteiger partial charge on any atom is 1.00 e. The SMILES string of the molecule is C[C-](C)c1cc(C(=O)N[C@@H](C)c2ncnn2-c2ccc(C#N)cn2)cc(C(C)C)c1.[CH3-].[Li+]. The van der Waals surface area contributed by atoms with Crippen LogP contribution in [0.25, 0.3) is 5.82 Å². The largest absolute Gasteiger partial charge is 1.00 e. The number of pyridine rings is 1. The van der Waals surface area contributed by atoms with Crippen molar-refractivity contribution in [2.75, 3.05) is 0 Å². The van der Waals surface area contributed by atoms with Crippen molar-refractivity contribution in [2.24, 2.45) is 0 Å². The molecule has 0 bridgehead atoms. The molecule has 32 heavy (non-hydrogen) atoms. The zero-order valence-corrected chi connectivity index (χ0v) is 19.8. The Morgan fingerprint density at radius 3 is 2.44 bits per heavy atom. The summed E-state index contributed by atoms with van der Waals surface area (Å²) in [6, 6.07) is 11.0. The van der Waals surface area contributed by atoms with Crippen molar-refractivity contribution >= 4 is 5.91 Å². The van der Waals surface area contributed by atoms with Crippen LogP contribution in [0.1, 0.15) is 79.5 Å². The number of aromatic nitrogens is 4. The number of nitrogens with zero attached hydrogens (tertiary/aromatic N) is 5. The van der Waals surface area contributed by atoms with E-state index in [1.807, 2.05) is 39.0 Å². The second-order valence-corrected chi connectivity index (χ2v) is 7.74. The molecule has 2 heterocycles. The fourth-order valence-electron chi connectivity index (χ4n) is 3.05. The summed E-state index contributed by atoms with van der Waals surface area (Å²) in [5, 5.41) is 16.2. The summed E-state index contributed by atoms with van der Waals surface area (Å²) < 4.78 is 1.56. The van der Waals surface area contributed by atoms with Gasteiger partial charge in [0.2, 0.25) is 5.91 Å². The van der Waals surface area contributed by atoms with Gasteiger partial charge in [0.25, 0.3) is 0 Å². The molecule has 3 rings (SSSR count). The van der Waals surface area contributed by atoms with E-state index in [0.717, 1.165) is 17.0 Å². The number of benzene rings is 1. The van der Waals surface area contributed by atoms with Crippen LogP contribution in [0.4, 0.5) is 0 Å². The molecule has 1 N–H and O–H groups in total. The number of rotatable bonds is 6. The quantitative estimate of drug-likeness (QED) is 0.480. The third-order valence-electron chi connectivity index (χ3n) is 4.86. The molecule has 8 heteroatoms. The van der Waals surface area contributed by atoms with Crippen molar-refractivity contribution in [1.82, 2.24) is 25.1 Å². The van der Waals surface area contributed by atoms with E-state index in [4.69, 9.17) is 5.26 Å². The first-order chi connectivity index (χ1) is 14.3. The third-order valence-corrected chi connectivity index (χ3v) is 4.86. The Hall–Kier alpha value is -3.06. The Labute approximate surface area is 202 Å². The van der Waals surface area contributed by atoms with Gasteiger partial charge in [-0.2, -0.15) is 38.7 Å². The molecule has 0 radical (unpaired) electrons. The molecule has 0 aliphatic rings. The normalized spacial score (nSPS) is 11.0. The van der Waals surface area contributed by atoms with Gasteiger partial charge in [-0.05, 0) is 30.5 Å². The van der Waals surface area contributed by atoms with E-state index in [2.05, 4.69) is 40.3 Å². The second kappa shape index (κ2) is 11.5. The first-order valence-corrected chi connectivity index (χ1v) is 9.83. The van der Waals surface area contributed by atoms with Crippen molar-refractivity contribution in [1.29, 1.82) is 5.26 Å². The van der Waals surface area contributed by atoms with E-state index >= 15 is 0 Å². The van der Waals surface area contributed by atoms with E-state index in [9.17, 15) is 4.79 Å². The Balaban J connectivity index is 0.00000256. The van der Waals surface area contributed by atoms with Crippen molar-refractivity contribution in [2.45, 2.75) is 46.6 Å². The van der Waals surface area contributed by atoms with Gasteiger partial charge in [-0.3, -0.25) is 4.79 Å². The summed E-state index contributed by atoms with van der Waals surface area (Å²) in [4.78, 5) is 21.6. The van der Waals surface area contributed by atoms with Crippen LogP contribution >= 0.6 is 0 Å². The fraction of sp³-hybridized carbons (Fsp3) is 0.292. The molecule has 0 saturated heterocycles. The fourth-order valence-corrected chi connectivity index (χ4v) is 3.05. The Kier molecular flexibility index (Phi) is 9.72. The van der Waals surface area contributed by atoms with Gasteiger partial charge in [0.05, 0.1) is 11.6 Å². The van der Waals surface area contributed by atoms with E-state index < -0.39 is 6.04 Å². The topological polar surface area (TPSA) is 96.5 Å². The molecular weight excluding hydrogens is 395 g/mol. The molecule has 0 fully saturated rings. The summed E-state index contributed by atoms with van der Waals surface area (Å²) >= 11 is 0. The maximum absolute atomic E-state index is 13.0. The van der Waals surface area contributed by atoms with Crippen molar-refractivity contribution in [3.63, 3.8) is 0 Å². The first-order valence-electron chi connectivity index (χ1n) is 9.83. The maximum atomic E-state index is 13.0. The zero-order chi connectivity index (χ0) is 21.8. The van der Waals surface area contributed by atoms with Crippen LogP contribution < -0.4 is 24.2 Å². The monoisotopic (exact) mass is 423 g/mol. The van der Waals surface area contributed by atoms with Gasteiger partial charge in [-0.15, -0.1) is 5.56 Å². The Morgan fingerprint density at radius 1 is 1.16 bits per heavy atom. The predicted octanol–water partition coefficient (Wildman–Crippen LogP) is 1.57. The smallest absolute Gasteiger partial charge is 0.358 e. The predicted molar refractivity (Wildman–Crippen MR) is 120 cm³/mol. The molecule has 0 aliphatic heterocycles. The molecule has 7 nitrogen and oxygen atoms in total. The number of hydrogen-bond acceptors (Lipinski definition) is 5. The number of carbonyl (C=O) groups excluding carboxylic acids is 1. The van der Waals surface area contributed by atoms with Gasteiger partial charge >= 0.3 is 18.9 Å². The minimum Gasteiger partial charge on any atom is -0.358 e. The van der Waals surface area contributed by atoms with Crippen molar-refractivity contribution in [3.8, 4) is 11.9 Å². The van der Waals surface area contributed by atoms with Crippen LogP contribution in [0.3, 0.4) is 0 Å². The van der Waals surface area contributed by atoms with Crippen LogP contribution in [0.2, 0.25) is 0 Å².